The lowest BCUT2D eigenvalue weighted by Gasteiger charge is -2.32. The zero-order valence-electron chi connectivity index (χ0n) is 15.5. The van der Waals surface area contributed by atoms with Gasteiger partial charge in [-0.15, -0.1) is 0 Å². The van der Waals surface area contributed by atoms with Crippen molar-refractivity contribution in [2.24, 2.45) is 0 Å². The van der Waals surface area contributed by atoms with E-state index in [-0.39, 0.29) is 23.5 Å². The largest absolute Gasteiger partial charge is 0.488 e. The molecule has 0 radical (unpaired) electrons. The number of likely N-dealkylation sites (tertiary alicyclic amines) is 1. The summed E-state index contributed by atoms with van der Waals surface area (Å²) in [4.78, 5) is 25.8. The third-order valence-corrected chi connectivity index (χ3v) is 6.43. The number of hydrogen-bond donors (Lipinski definition) is 1. The Morgan fingerprint density at radius 3 is 2.67 bits per heavy atom. The second-order valence-electron chi connectivity index (χ2n) is 7.74. The summed E-state index contributed by atoms with van der Waals surface area (Å²) in [6, 6.07) is 3.02. The van der Waals surface area contributed by atoms with Gasteiger partial charge in [0.15, 0.2) is 0 Å². The van der Waals surface area contributed by atoms with Gasteiger partial charge in [-0.25, -0.2) is 4.39 Å². The molecule has 1 aliphatic heterocycles. The van der Waals surface area contributed by atoms with Crippen LogP contribution in [0.15, 0.2) is 12.1 Å². The van der Waals surface area contributed by atoms with Crippen molar-refractivity contribution in [3.05, 3.63) is 29.1 Å². The average molecular weight is 392 g/mol. The first-order valence-electron chi connectivity index (χ1n) is 9.73. The minimum Gasteiger partial charge on any atom is -0.488 e. The molecule has 1 atom stereocenters. The van der Waals surface area contributed by atoms with E-state index < -0.39 is 5.82 Å². The van der Waals surface area contributed by atoms with Crippen molar-refractivity contribution in [1.29, 1.82) is 0 Å². The molecule has 146 valence electrons. The van der Waals surface area contributed by atoms with Gasteiger partial charge in [0.1, 0.15) is 17.7 Å². The van der Waals surface area contributed by atoms with Gasteiger partial charge >= 0.3 is 0 Å². The number of ether oxygens (including phenoxy) is 1. The summed E-state index contributed by atoms with van der Waals surface area (Å²) in [7, 11) is 0. The molecule has 1 aromatic carbocycles. The fourth-order valence-corrected chi connectivity index (χ4v) is 4.19. The van der Waals surface area contributed by atoms with Crippen molar-refractivity contribution in [2.45, 2.75) is 62.7 Å². The molecule has 1 heterocycles. The van der Waals surface area contributed by atoms with Crippen LogP contribution in [0.1, 0.15) is 67.3 Å². The third-order valence-electron chi connectivity index (χ3n) is 5.32. The number of nitrogens with one attached hydrogen (secondary N) is 1. The predicted octanol–water partition coefficient (Wildman–Crippen LogP) is 3.63. The van der Waals surface area contributed by atoms with Crippen molar-refractivity contribution in [3.8, 4) is 5.75 Å². The highest BCUT2D eigenvalue weighted by molar-refractivity contribution is 7.98. The average Bonchev–Trinajstić information content (AvgIpc) is 3.54. The molecule has 2 saturated carbocycles. The van der Waals surface area contributed by atoms with E-state index in [4.69, 9.17) is 4.74 Å². The molecule has 3 aliphatic rings. The lowest BCUT2D eigenvalue weighted by atomic mass is 10.0. The van der Waals surface area contributed by atoms with Crippen LogP contribution in [-0.2, 0) is 4.79 Å². The predicted molar refractivity (Wildman–Crippen MR) is 102 cm³/mol. The smallest absolute Gasteiger partial charge is 0.264 e. The van der Waals surface area contributed by atoms with E-state index in [0.29, 0.717) is 23.5 Å². The fourth-order valence-electron chi connectivity index (χ4n) is 3.44. The quantitative estimate of drug-likeness (QED) is 0.751. The van der Waals surface area contributed by atoms with Crippen LogP contribution >= 0.6 is 11.9 Å². The van der Waals surface area contributed by atoms with E-state index in [2.05, 4.69) is 4.72 Å². The third kappa shape index (κ3) is 4.57. The summed E-state index contributed by atoms with van der Waals surface area (Å²) >= 11 is 1.38. The van der Waals surface area contributed by atoms with Gasteiger partial charge in [0.2, 0.25) is 5.91 Å². The molecule has 1 N–H and O–H groups in total. The highest BCUT2D eigenvalue weighted by Gasteiger charge is 2.32. The Balaban J connectivity index is 1.50. The van der Waals surface area contributed by atoms with Gasteiger partial charge < -0.3 is 9.64 Å². The molecule has 1 saturated heterocycles. The molecular formula is C20H25FN2O3S. The maximum absolute atomic E-state index is 14.6. The molecule has 7 heteroatoms. The molecule has 5 nitrogen and oxygen atoms in total. The molecule has 0 aromatic heterocycles. The Morgan fingerprint density at radius 1 is 1.22 bits per heavy atom. The normalized spacial score (nSPS) is 22.4. The second kappa shape index (κ2) is 7.70. The zero-order valence-corrected chi connectivity index (χ0v) is 16.3. The van der Waals surface area contributed by atoms with Crippen LogP contribution in [0.3, 0.4) is 0 Å². The fraction of sp³-hybridized carbons (Fsp3) is 0.600. The molecule has 2 aliphatic carbocycles. The Kier molecular flexibility index (Phi) is 5.30. The molecule has 27 heavy (non-hydrogen) atoms. The van der Waals surface area contributed by atoms with Gasteiger partial charge in [-0.3, -0.25) is 14.3 Å². The summed E-state index contributed by atoms with van der Waals surface area (Å²) in [6.07, 6.45) is 5.86. The molecule has 2 amide bonds. The first kappa shape index (κ1) is 18.6. The molecule has 3 fully saturated rings. The number of halogens is 1. The Labute approximate surface area is 163 Å². The van der Waals surface area contributed by atoms with Gasteiger partial charge in [0, 0.05) is 24.8 Å². The lowest BCUT2D eigenvalue weighted by molar-refractivity contribution is -0.131. The highest BCUT2D eigenvalue weighted by atomic mass is 32.2. The van der Waals surface area contributed by atoms with Crippen LogP contribution < -0.4 is 9.46 Å². The molecule has 0 spiro atoms. The molecule has 0 bridgehead atoms. The van der Waals surface area contributed by atoms with E-state index in [0.717, 1.165) is 50.6 Å². The van der Waals surface area contributed by atoms with Crippen LogP contribution in [-0.4, -0.2) is 41.2 Å². The van der Waals surface area contributed by atoms with Gasteiger partial charge in [-0.1, -0.05) is 0 Å². The number of carbonyl (C=O) groups is 2. The van der Waals surface area contributed by atoms with Crippen molar-refractivity contribution in [3.63, 3.8) is 0 Å². The first-order chi connectivity index (χ1) is 13.0. The summed E-state index contributed by atoms with van der Waals surface area (Å²) in [5.41, 5.74) is 1.00. The minimum absolute atomic E-state index is 0.0390. The van der Waals surface area contributed by atoms with E-state index in [1.165, 1.54) is 18.0 Å². The maximum atomic E-state index is 14.6. The summed E-state index contributed by atoms with van der Waals surface area (Å²) < 4.78 is 23.5. The Morgan fingerprint density at radius 2 is 2.00 bits per heavy atom. The van der Waals surface area contributed by atoms with Gasteiger partial charge in [0.25, 0.3) is 5.91 Å². The van der Waals surface area contributed by atoms with Crippen LogP contribution in [0.25, 0.3) is 0 Å². The number of nitrogens with zero attached hydrogens (tertiary/aromatic N) is 1. The minimum atomic E-state index is -0.553. The highest BCUT2D eigenvalue weighted by Crippen LogP contribution is 2.45. The SMILES string of the molecule is CC(=O)N1CCCC(Oc2cc(F)c(C(=O)NSC3CC3)cc2C2CC2)C1. The summed E-state index contributed by atoms with van der Waals surface area (Å²) in [5, 5.41) is 0.470. The summed E-state index contributed by atoms with van der Waals surface area (Å²) in [5.74, 6) is -0.0367. The number of hydrogen-bond acceptors (Lipinski definition) is 4. The Bertz CT molecular complexity index is 749. The monoisotopic (exact) mass is 392 g/mol. The van der Waals surface area contributed by atoms with E-state index >= 15 is 0 Å². The van der Waals surface area contributed by atoms with E-state index in [9.17, 15) is 14.0 Å². The zero-order chi connectivity index (χ0) is 19.0. The first-order valence-corrected chi connectivity index (χ1v) is 10.6. The van der Waals surface area contributed by atoms with Gasteiger partial charge in [-0.05, 0) is 68.0 Å². The van der Waals surface area contributed by atoms with Gasteiger partial charge in [-0.2, -0.15) is 0 Å². The second-order valence-corrected chi connectivity index (χ2v) is 8.85. The molecule has 4 rings (SSSR count). The van der Waals surface area contributed by atoms with Crippen molar-refractivity contribution in [1.82, 2.24) is 9.62 Å². The molecular weight excluding hydrogens is 367 g/mol. The van der Waals surface area contributed by atoms with Crippen LogP contribution in [0, 0.1) is 5.82 Å². The number of rotatable bonds is 6. The molecule has 1 unspecified atom stereocenters. The van der Waals surface area contributed by atoms with E-state index in [1.54, 1.807) is 17.9 Å². The van der Waals surface area contributed by atoms with E-state index in [1.807, 2.05) is 0 Å². The Hall–Kier alpha value is -1.76. The number of carbonyl (C=O) groups excluding carboxylic acids is 2. The van der Waals surface area contributed by atoms with Gasteiger partial charge in [0.05, 0.1) is 12.1 Å². The number of amides is 2. The molecule has 1 aromatic rings. The number of piperidine rings is 1. The van der Waals surface area contributed by atoms with Crippen molar-refractivity contribution < 1.29 is 18.7 Å². The maximum Gasteiger partial charge on any atom is 0.264 e. The number of benzene rings is 1. The standard InChI is InChI=1S/C20H25FN2O3S/c1-12(24)23-8-2-3-14(11-23)26-19-10-18(21)17(9-16(19)13-4-5-13)20(25)22-27-15-6-7-15/h9-10,13-15H,2-8,11H2,1H3,(H,22,25). The summed E-state index contributed by atoms with van der Waals surface area (Å²) in [6.45, 7) is 2.84. The van der Waals surface area contributed by atoms with Crippen molar-refractivity contribution in [2.75, 3.05) is 13.1 Å². The van der Waals surface area contributed by atoms with Crippen LogP contribution in [0.4, 0.5) is 4.39 Å². The topological polar surface area (TPSA) is 58.6 Å². The van der Waals surface area contributed by atoms with Crippen molar-refractivity contribution >= 4 is 23.8 Å². The van der Waals surface area contributed by atoms with Crippen LogP contribution in [0.5, 0.6) is 5.75 Å². The lowest BCUT2D eigenvalue weighted by Crippen LogP contribution is -2.43. The van der Waals surface area contributed by atoms with Crippen LogP contribution in [0.2, 0.25) is 0 Å².